The molecule has 0 aliphatic heterocycles. The normalized spacial score (nSPS) is 29.4. The molecule has 1 unspecified atom stereocenters. The zero-order chi connectivity index (χ0) is 14.1. The molecular weight excluding hydrogens is 315 g/mol. The van der Waals surface area contributed by atoms with Gasteiger partial charge in [0.05, 0.1) is 4.47 Å². The predicted molar refractivity (Wildman–Crippen MR) is 85.4 cm³/mol. The maximum absolute atomic E-state index is 13.6. The third kappa shape index (κ3) is 2.95. The van der Waals surface area contributed by atoms with E-state index < -0.39 is 0 Å². The van der Waals surface area contributed by atoms with E-state index in [2.05, 4.69) is 22.9 Å². The molecule has 2 aliphatic rings. The molecule has 110 valence electrons. The first-order valence-corrected chi connectivity index (χ1v) is 8.93. The minimum absolute atomic E-state index is 0.101. The molecule has 1 aromatic carbocycles. The summed E-state index contributed by atoms with van der Waals surface area (Å²) in [7, 11) is 0. The van der Waals surface area contributed by atoms with Gasteiger partial charge in [-0.2, -0.15) is 0 Å². The second kappa shape index (κ2) is 6.17. The number of rotatable bonds is 3. The van der Waals surface area contributed by atoms with Crippen molar-refractivity contribution in [1.82, 2.24) is 0 Å². The Labute approximate surface area is 130 Å². The number of benzene rings is 1. The molecular formula is C18H24BrF. The summed E-state index contributed by atoms with van der Waals surface area (Å²) in [5, 5.41) is 0. The Morgan fingerprint density at radius 2 is 1.70 bits per heavy atom. The lowest BCUT2D eigenvalue weighted by Gasteiger charge is -2.32. The van der Waals surface area contributed by atoms with Crippen molar-refractivity contribution in [3.8, 4) is 0 Å². The van der Waals surface area contributed by atoms with Gasteiger partial charge < -0.3 is 0 Å². The molecule has 0 N–H and O–H groups in total. The molecule has 2 aliphatic carbocycles. The Balaban J connectivity index is 1.62. The Morgan fingerprint density at radius 3 is 2.35 bits per heavy atom. The third-order valence-corrected chi connectivity index (χ3v) is 6.07. The highest BCUT2D eigenvalue weighted by Gasteiger charge is 2.32. The fourth-order valence-electron chi connectivity index (χ4n) is 4.34. The standard InChI is InChI=1S/C18H24BrF/c1-2-3-12-4-6-13(7-5-12)14-8-15-10-17(19)18(20)11-16(15)9-14/h10-14H,2-9H2,1H3/t12-,13-,14?. The van der Waals surface area contributed by atoms with E-state index in [9.17, 15) is 4.39 Å². The molecule has 0 saturated heterocycles. The first-order chi connectivity index (χ1) is 9.67. The van der Waals surface area contributed by atoms with Crippen molar-refractivity contribution in [2.24, 2.45) is 17.8 Å². The Kier molecular flexibility index (Phi) is 4.49. The molecule has 20 heavy (non-hydrogen) atoms. The number of hydrogen-bond donors (Lipinski definition) is 0. The minimum Gasteiger partial charge on any atom is -0.206 e. The van der Waals surface area contributed by atoms with Crippen molar-refractivity contribution in [1.29, 1.82) is 0 Å². The average molecular weight is 339 g/mol. The van der Waals surface area contributed by atoms with Crippen LogP contribution < -0.4 is 0 Å². The van der Waals surface area contributed by atoms with Crippen LogP contribution in [0.25, 0.3) is 0 Å². The van der Waals surface area contributed by atoms with Gasteiger partial charge in [0.15, 0.2) is 0 Å². The van der Waals surface area contributed by atoms with Gasteiger partial charge in [0.1, 0.15) is 5.82 Å². The lowest BCUT2D eigenvalue weighted by atomic mass is 9.74. The van der Waals surface area contributed by atoms with E-state index in [0.717, 1.165) is 30.6 Å². The van der Waals surface area contributed by atoms with Gasteiger partial charge in [-0.3, -0.25) is 0 Å². The maximum Gasteiger partial charge on any atom is 0.137 e. The van der Waals surface area contributed by atoms with Crippen LogP contribution in [0.1, 0.15) is 56.6 Å². The maximum atomic E-state index is 13.6. The van der Waals surface area contributed by atoms with Crippen molar-refractivity contribution < 1.29 is 4.39 Å². The van der Waals surface area contributed by atoms with Gasteiger partial charge in [-0.05, 0) is 82.6 Å². The van der Waals surface area contributed by atoms with Gasteiger partial charge in [-0.1, -0.05) is 32.6 Å². The van der Waals surface area contributed by atoms with Gasteiger partial charge in [0, 0.05) is 0 Å². The van der Waals surface area contributed by atoms with Gasteiger partial charge >= 0.3 is 0 Å². The quantitative estimate of drug-likeness (QED) is 0.642. The van der Waals surface area contributed by atoms with E-state index >= 15 is 0 Å². The van der Waals surface area contributed by atoms with Crippen LogP contribution in [0.2, 0.25) is 0 Å². The number of fused-ring (bicyclic) bond motifs is 1. The second-order valence-corrected chi connectivity index (χ2v) is 7.63. The minimum atomic E-state index is -0.101. The smallest absolute Gasteiger partial charge is 0.137 e. The zero-order valence-corrected chi connectivity index (χ0v) is 13.9. The Morgan fingerprint density at radius 1 is 1.05 bits per heavy atom. The summed E-state index contributed by atoms with van der Waals surface area (Å²) in [6.07, 6.45) is 10.6. The molecule has 0 radical (unpaired) electrons. The molecule has 0 amide bonds. The summed E-state index contributed by atoms with van der Waals surface area (Å²) >= 11 is 3.31. The zero-order valence-electron chi connectivity index (χ0n) is 12.3. The van der Waals surface area contributed by atoms with E-state index in [1.54, 1.807) is 6.07 Å². The van der Waals surface area contributed by atoms with Crippen LogP contribution in [0.4, 0.5) is 4.39 Å². The first kappa shape index (κ1) is 14.6. The topological polar surface area (TPSA) is 0 Å². The van der Waals surface area contributed by atoms with Gasteiger partial charge in [0.25, 0.3) is 0 Å². The van der Waals surface area contributed by atoms with E-state index in [-0.39, 0.29) is 5.82 Å². The Hall–Kier alpha value is -0.370. The summed E-state index contributed by atoms with van der Waals surface area (Å²) < 4.78 is 14.3. The fourth-order valence-corrected chi connectivity index (χ4v) is 4.73. The summed E-state index contributed by atoms with van der Waals surface area (Å²) in [4.78, 5) is 0. The van der Waals surface area contributed by atoms with E-state index in [1.165, 1.54) is 49.7 Å². The molecule has 1 fully saturated rings. The first-order valence-electron chi connectivity index (χ1n) is 8.14. The van der Waals surface area contributed by atoms with Crippen LogP contribution in [-0.4, -0.2) is 0 Å². The predicted octanol–water partition coefficient (Wildman–Crippen LogP) is 5.91. The number of hydrogen-bond acceptors (Lipinski definition) is 0. The molecule has 2 heteroatoms. The van der Waals surface area contributed by atoms with Crippen molar-refractivity contribution in [2.75, 3.05) is 0 Å². The van der Waals surface area contributed by atoms with Crippen molar-refractivity contribution in [3.63, 3.8) is 0 Å². The van der Waals surface area contributed by atoms with Gasteiger partial charge in [-0.25, -0.2) is 4.39 Å². The molecule has 3 rings (SSSR count). The molecule has 1 saturated carbocycles. The SMILES string of the molecule is CCC[C@H]1CC[C@H](C2Cc3cc(F)c(Br)cc3C2)CC1. The lowest BCUT2D eigenvalue weighted by molar-refractivity contribution is 0.201. The summed E-state index contributed by atoms with van der Waals surface area (Å²) in [6.45, 7) is 2.30. The van der Waals surface area contributed by atoms with Crippen LogP contribution >= 0.6 is 15.9 Å². The van der Waals surface area contributed by atoms with Crippen molar-refractivity contribution in [2.45, 2.75) is 58.3 Å². The fraction of sp³-hybridized carbons (Fsp3) is 0.667. The van der Waals surface area contributed by atoms with E-state index in [1.807, 2.05) is 6.07 Å². The Bertz CT molecular complexity index is 444. The summed E-state index contributed by atoms with van der Waals surface area (Å²) in [5.41, 5.74) is 2.63. The lowest BCUT2D eigenvalue weighted by Crippen LogP contribution is -2.22. The average Bonchev–Trinajstić information content (AvgIpc) is 2.83. The molecule has 0 nitrogen and oxygen atoms in total. The van der Waals surface area contributed by atoms with Crippen molar-refractivity contribution in [3.05, 3.63) is 33.5 Å². The third-order valence-electron chi connectivity index (χ3n) is 5.46. The van der Waals surface area contributed by atoms with Crippen LogP contribution in [-0.2, 0) is 12.8 Å². The molecule has 0 bridgehead atoms. The molecule has 0 heterocycles. The van der Waals surface area contributed by atoms with Crippen molar-refractivity contribution >= 4 is 15.9 Å². The monoisotopic (exact) mass is 338 g/mol. The molecule has 0 spiro atoms. The summed E-state index contributed by atoms with van der Waals surface area (Å²) in [5.74, 6) is 2.52. The van der Waals surface area contributed by atoms with Crippen LogP contribution in [0, 0.1) is 23.6 Å². The highest BCUT2D eigenvalue weighted by Crippen LogP contribution is 2.42. The number of halogens is 2. The molecule has 1 aromatic rings. The molecule has 0 aromatic heterocycles. The van der Waals surface area contributed by atoms with Crippen LogP contribution in [0.3, 0.4) is 0 Å². The van der Waals surface area contributed by atoms with E-state index in [0.29, 0.717) is 4.47 Å². The van der Waals surface area contributed by atoms with Crippen LogP contribution in [0.15, 0.2) is 16.6 Å². The highest BCUT2D eigenvalue weighted by atomic mass is 79.9. The highest BCUT2D eigenvalue weighted by molar-refractivity contribution is 9.10. The molecule has 1 atom stereocenters. The summed E-state index contributed by atoms with van der Waals surface area (Å²) in [6, 6.07) is 3.76. The second-order valence-electron chi connectivity index (χ2n) is 6.77. The van der Waals surface area contributed by atoms with Gasteiger partial charge in [0.2, 0.25) is 0 Å². The largest absolute Gasteiger partial charge is 0.206 e. The van der Waals surface area contributed by atoms with E-state index in [4.69, 9.17) is 0 Å². The van der Waals surface area contributed by atoms with Gasteiger partial charge in [-0.15, -0.1) is 0 Å². The van der Waals surface area contributed by atoms with Crippen LogP contribution in [0.5, 0.6) is 0 Å².